The van der Waals surface area contributed by atoms with Crippen molar-refractivity contribution < 1.29 is 5.11 Å². The highest BCUT2D eigenvalue weighted by atomic mass is 16.3. The van der Waals surface area contributed by atoms with Crippen molar-refractivity contribution in [2.45, 2.75) is 186 Å². The maximum atomic E-state index is 13.4. The van der Waals surface area contributed by atoms with Gasteiger partial charge in [0, 0.05) is 0 Å². The van der Waals surface area contributed by atoms with E-state index in [-0.39, 0.29) is 16.9 Å². The highest BCUT2D eigenvalue weighted by Crippen LogP contribution is 2.75. The quantitative estimate of drug-likeness (QED) is 0.299. The Hall–Kier alpha value is -0.0400. The van der Waals surface area contributed by atoms with Gasteiger partial charge in [-0.15, -0.1) is 0 Å². The van der Waals surface area contributed by atoms with Crippen LogP contribution in [0, 0.1) is 141 Å². The van der Waals surface area contributed by atoms with Gasteiger partial charge in [0.25, 0.3) is 0 Å². The van der Waals surface area contributed by atoms with Crippen molar-refractivity contribution in [2.75, 3.05) is 0 Å². The zero-order valence-corrected chi connectivity index (χ0v) is 37.5. The number of rotatable bonds is 5. The maximum Gasteiger partial charge on any atom is 0.0609 e. The van der Waals surface area contributed by atoms with Crippen molar-refractivity contribution in [3.8, 4) is 0 Å². The molecule has 0 amide bonds. The van der Waals surface area contributed by atoms with Gasteiger partial charge in [0.15, 0.2) is 0 Å². The fourth-order valence-electron chi connectivity index (χ4n) is 20.7. The topological polar surface area (TPSA) is 20.2 Å². The average Bonchev–Trinajstić information content (AvgIpc) is 3.48. The Kier molecular flexibility index (Phi) is 10.6. The van der Waals surface area contributed by atoms with Gasteiger partial charge in [-0.25, -0.2) is 0 Å². The SMILES string of the molecule is CC(C)C1C(C)CC2(C)CC3(C)CC4C(CC5C(C)C6CCCCC6C5C)CC(CC5C(C)C6CCCCC6C5C)C(C)C4C(O)C3C(C)C2(C)C1C. The van der Waals surface area contributed by atoms with Gasteiger partial charge in [-0.3, -0.25) is 0 Å². The molecule has 8 aliphatic rings. The minimum Gasteiger partial charge on any atom is -0.392 e. The molecule has 0 radical (unpaired) electrons. The molecule has 304 valence electrons. The molecule has 0 bridgehead atoms. The lowest BCUT2D eigenvalue weighted by Crippen LogP contribution is -2.68. The van der Waals surface area contributed by atoms with Crippen LogP contribution in [0.15, 0.2) is 0 Å². The summed E-state index contributed by atoms with van der Waals surface area (Å²) in [5.74, 6) is 16.8. The van der Waals surface area contributed by atoms with Gasteiger partial charge < -0.3 is 5.11 Å². The molecule has 0 saturated heterocycles. The molecule has 1 nitrogen and oxygen atoms in total. The van der Waals surface area contributed by atoms with Crippen LogP contribution in [-0.4, -0.2) is 11.2 Å². The second kappa shape index (κ2) is 14.1. The van der Waals surface area contributed by atoms with Crippen molar-refractivity contribution in [3.63, 3.8) is 0 Å². The van der Waals surface area contributed by atoms with Crippen molar-refractivity contribution in [3.05, 3.63) is 0 Å². The minimum absolute atomic E-state index is 0.138. The average molecular weight is 731 g/mol. The maximum absolute atomic E-state index is 13.4. The Morgan fingerprint density at radius 2 is 1.06 bits per heavy atom. The van der Waals surface area contributed by atoms with Crippen LogP contribution in [0.3, 0.4) is 0 Å². The molecule has 22 atom stereocenters. The summed E-state index contributed by atoms with van der Waals surface area (Å²) in [6.45, 7) is 34.6. The molecule has 0 aromatic heterocycles. The zero-order chi connectivity index (χ0) is 38.1. The van der Waals surface area contributed by atoms with E-state index in [1.54, 1.807) is 0 Å². The van der Waals surface area contributed by atoms with E-state index in [1.165, 1.54) is 89.9 Å². The first-order valence-electron chi connectivity index (χ1n) is 24.6. The van der Waals surface area contributed by atoms with Crippen molar-refractivity contribution in [2.24, 2.45) is 141 Å². The van der Waals surface area contributed by atoms with E-state index in [0.29, 0.717) is 40.9 Å². The first-order chi connectivity index (χ1) is 24.9. The molecule has 8 saturated carbocycles. The van der Waals surface area contributed by atoms with Crippen LogP contribution in [0.2, 0.25) is 0 Å². The Morgan fingerprint density at radius 3 is 1.53 bits per heavy atom. The lowest BCUT2D eigenvalue weighted by Gasteiger charge is -2.73. The van der Waals surface area contributed by atoms with Crippen LogP contribution in [0.25, 0.3) is 0 Å². The van der Waals surface area contributed by atoms with E-state index in [9.17, 15) is 5.11 Å². The first-order valence-corrected chi connectivity index (χ1v) is 24.6. The zero-order valence-electron chi connectivity index (χ0n) is 37.5. The van der Waals surface area contributed by atoms with Gasteiger partial charge >= 0.3 is 0 Å². The molecule has 0 aliphatic heterocycles. The summed E-state index contributed by atoms with van der Waals surface area (Å²) in [6, 6.07) is 0. The predicted molar refractivity (Wildman–Crippen MR) is 225 cm³/mol. The molecule has 1 heteroatoms. The van der Waals surface area contributed by atoms with Crippen LogP contribution in [-0.2, 0) is 0 Å². The monoisotopic (exact) mass is 731 g/mol. The molecule has 0 aromatic rings. The molecule has 8 rings (SSSR count). The highest BCUT2D eigenvalue weighted by molar-refractivity contribution is 5.18. The summed E-state index contributed by atoms with van der Waals surface area (Å²) in [4.78, 5) is 0. The Balaban J connectivity index is 1.14. The molecular formula is C52H90O. The van der Waals surface area contributed by atoms with E-state index in [4.69, 9.17) is 0 Å². The number of hydrogen-bond acceptors (Lipinski definition) is 1. The Bertz CT molecular complexity index is 1270. The van der Waals surface area contributed by atoms with Gasteiger partial charge in [-0.2, -0.15) is 0 Å². The van der Waals surface area contributed by atoms with Crippen LogP contribution < -0.4 is 0 Å². The van der Waals surface area contributed by atoms with Crippen molar-refractivity contribution in [1.29, 1.82) is 0 Å². The molecule has 8 fully saturated rings. The standard InChI is InChI=1S/C52H90O/c1-28(2)46-29(3)25-51(12)27-50(11)26-45-38(24-44-33(7)41-20-16-17-21-42(41)34(44)8)22-37(23-43-31(5)39-18-14-15-19-40(39)32(43)6)30(4)47(45)49(53)48(50)36(10)52(51,13)35(46)9/h28-49,53H,14-27H2,1-13H3. The third-order valence-corrected chi connectivity index (χ3v) is 22.9. The highest BCUT2D eigenvalue weighted by Gasteiger charge is 2.70. The summed E-state index contributed by atoms with van der Waals surface area (Å²) in [7, 11) is 0. The van der Waals surface area contributed by atoms with Gasteiger partial charge in [0.1, 0.15) is 0 Å². The first kappa shape index (κ1) is 39.8. The summed E-state index contributed by atoms with van der Waals surface area (Å²) in [5, 5.41) is 13.4. The van der Waals surface area contributed by atoms with Crippen molar-refractivity contribution >= 4 is 0 Å². The molecule has 1 N–H and O–H groups in total. The van der Waals surface area contributed by atoms with E-state index in [0.717, 1.165) is 88.8 Å². The summed E-state index contributed by atoms with van der Waals surface area (Å²) in [6.07, 6.45) is 20.3. The Morgan fingerprint density at radius 1 is 0.585 bits per heavy atom. The molecule has 22 unspecified atom stereocenters. The van der Waals surface area contributed by atoms with Crippen LogP contribution >= 0.6 is 0 Å². The molecule has 8 aliphatic carbocycles. The largest absolute Gasteiger partial charge is 0.392 e. The Labute approximate surface area is 330 Å². The van der Waals surface area contributed by atoms with Gasteiger partial charge in [0.05, 0.1) is 6.10 Å². The smallest absolute Gasteiger partial charge is 0.0609 e. The number of aliphatic hydroxyl groups excluding tert-OH is 1. The minimum atomic E-state index is -0.138. The molecular weight excluding hydrogens is 641 g/mol. The number of fused-ring (bicyclic) bond motifs is 5. The summed E-state index contributed by atoms with van der Waals surface area (Å²) < 4.78 is 0. The molecule has 0 aromatic carbocycles. The summed E-state index contributed by atoms with van der Waals surface area (Å²) in [5.41, 5.74) is 0.871. The van der Waals surface area contributed by atoms with E-state index in [2.05, 4.69) is 90.0 Å². The number of hydrogen-bond donors (Lipinski definition) is 1. The lowest BCUT2D eigenvalue weighted by molar-refractivity contribution is -0.264. The van der Waals surface area contributed by atoms with Gasteiger partial charge in [-0.1, -0.05) is 116 Å². The molecule has 0 heterocycles. The lowest BCUT2D eigenvalue weighted by atomic mass is 9.32. The van der Waals surface area contributed by atoms with E-state index in [1.807, 2.05) is 0 Å². The third-order valence-electron chi connectivity index (χ3n) is 22.9. The number of aliphatic hydroxyl groups is 1. The fraction of sp³-hybridized carbons (Fsp3) is 1.00. The van der Waals surface area contributed by atoms with E-state index >= 15 is 0 Å². The predicted octanol–water partition coefficient (Wildman–Crippen LogP) is 14.1. The van der Waals surface area contributed by atoms with Crippen LogP contribution in [0.4, 0.5) is 0 Å². The van der Waals surface area contributed by atoms with Crippen LogP contribution in [0.1, 0.15) is 180 Å². The van der Waals surface area contributed by atoms with Gasteiger partial charge in [-0.05, 0) is 205 Å². The summed E-state index contributed by atoms with van der Waals surface area (Å²) >= 11 is 0. The van der Waals surface area contributed by atoms with E-state index < -0.39 is 0 Å². The fourth-order valence-corrected chi connectivity index (χ4v) is 20.7. The second-order valence-corrected chi connectivity index (χ2v) is 24.8. The van der Waals surface area contributed by atoms with Gasteiger partial charge in [0.2, 0.25) is 0 Å². The molecule has 0 spiro atoms. The molecule has 53 heavy (non-hydrogen) atoms. The normalized spacial score (nSPS) is 60.8. The third kappa shape index (κ3) is 5.84. The second-order valence-electron chi connectivity index (χ2n) is 24.8. The van der Waals surface area contributed by atoms with Crippen LogP contribution in [0.5, 0.6) is 0 Å². The van der Waals surface area contributed by atoms with Crippen molar-refractivity contribution in [1.82, 2.24) is 0 Å².